The van der Waals surface area contributed by atoms with Gasteiger partial charge in [0, 0.05) is 7.11 Å². The van der Waals surface area contributed by atoms with Crippen LogP contribution in [0, 0.1) is 0 Å². The van der Waals surface area contributed by atoms with E-state index in [2.05, 4.69) is 20.9 Å². The highest BCUT2D eigenvalue weighted by molar-refractivity contribution is 9.11. The molecule has 0 spiro atoms. The molecule has 0 amide bonds. The van der Waals surface area contributed by atoms with Gasteiger partial charge in [0.15, 0.2) is 0 Å². The van der Waals surface area contributed by atoms with Gasteiger partial charge in [0.05, 0.1) is 22.5 Å². The van der Waals surface area contributed by atoms with Crippen LogP contribution in [-0.4, -0.2) is 17.9 Å². The van der Waals surface area contributed by atoms with Crippen molar-refractivity contribution in [3.05, 3.63) is 14.5 Å². The van der Waals surface area contributed by atoms with Crippen molar-refractivity contribution >= 4 is 33.0 Å². The zero-order valence-corrected chi connectivity index (χ0v) is 9.87. The lowest BCUT2D eigenvalue weighted by Crippen LogP contribution is -1.97. The van der Waals surface area contributed by atoms with E-state index in [1.165, 1.54) is 11.3 Å². The fraction of sp³-hybridized carbons (Fsp3) is 0.500. The van der Waals surface area contributed by atoms with Crippen LogP contribution < -0.4 is 0 Å². The van der Waals surface area contributed by atoms with Crippen molar-refractivity contribution < 1.29 is 9.53 Å². The van der Waals surface area contributed by atoms with Crippen LogP contribution >= 0.6 is 27.3 Å². The molecule has 13 heavy (non-hydrogen) atoms. The second-order valence-electron chi connectivity index (χ2n) is 2.64. The third kappa shape index (κ3) is 3.17. The van der Waals surface area contributed by atoms with Crippen molar-refractivity contribution in [2.45, 2.75) is 20.0 Å². The van der Waals surface area contributed by atoms with Crippen LogP contribution in [-0.2, 0) is 22.6 Å². The highest BCUT2D eigenvalue weighted by Crippen LogP contribution is 2.25. The molecule has 5 heteroatoms. The number of ether oxygens (including phenoxy) is 1. The highest BCUT2D eigenvalue weighted by Gasteiger charge is 2.10. The van der Waals surface area contributed by atoms with Crippen molar-refractivity contribution in [3.8, 4) is 0 Å². The van der Waals surface area contributed by atoms with E-state index in [4.69, 9.17) is 4.74 Å². The van der Waals surface area contributed by atoms with Crippen LogP contribution in [0.25, 0.3) is 0 Å². The van der Waals surface area contributed by atoms with Crippen LogP contribution in [0.4, 0.5) is 0 Å². The van der Waals surface area contributed by atoms with Crippen molar-refractivity contribution in [1.82, 2.24) is 4.98 Å². The van der Waals surface area contributed by atoms with Gasteiger partial charge < -0.3 is 4.74 Å². The first-order valence-electron chi connectivity index (χ1n) is 3.76. The number of thiazole rings is 1. The van der Waals surface area contributed by atoms with Crippen LogP contribution in [0.5, 0.6) is 0 Å². The van der Waals surface area contributed by atoms with Crippen molar-refractivity contribution in [2.75, 3.05) is 7.11 Å². The molecule has 0 aliphatic heterocycles. The first kappa shape index (κ1) is 10.8. The minimum Gasteiger partial charge on any atom is -0.378 e. The van der Waals surface area contributed by atoms with Gasteiger partial charge in [-0.2, -0.15) is 0 Å². The SMILES string of the molecule is COCc1nc(CC(C)=O)c(Br)s1. The minimum absolute atomic E-state index is 0.120. The lowest BCUT2D eigenvalue weighted by molar-refractivity contribution is -0.116. The maximum atomic E-state index is 10.8. The molecule has 0 bridgehead atoms. The van der Waals surface area contributed by atoms with Crippen molar-refractivity contribution in [3.63, 3.8) is 0 Å². The van der Waals surface area contributed by atoms with Crippen molar-refractivity contribution in [1.29, 1.82) is 0 Å². The number of halogens is 1. The quantitative estimate of drug-likeness (QED) is 0.836. The molecule has 0 atom stereocenters. The standard InChI is InChI=1S/C8H10BrNO2S/c1-5(11)3-6-8(9)13-7(10-6)4-12-2/h3-4H2,1-2H3. The van der Waals surface area contributed by atoms with E-state index in [1.54, 1.807) is 14.0 Å². The smallest absolute Gasteiger partial charge is 0.135 e. The average molecular weight is 264 g/mol. The number of Topliss-reactive ketones (excluding diaryl/α,β-unsaturated/α-hetero) is 1. The predicted molar refractivity (Wildman–Crippen MR) is 54.9 cm³/mol. The summed E-state index contributed by atoms with van der Waals surface area (Å²) in [6, 6.07) is 0. The van der Waals surface area contributed by atoms with Gasteiger partial charge in [-0.25, -0.2) is 4.98 Å². The molecule has 1 aromatic heterocycles. The number of hydrogen-bond acceptors (Lipinski definition) is 4. The number of methoxy groups -OCH3 is 1. The Bertz CT molecular complexity index is 311. The number of carbonyl (C=O) groups excluding carboxylic acids is 1. The van der Waals surface area contributed by atoms with E-state index in [-0.39, 0.29) is 5.78 Å². The number of rotatable bonds is 4. The summed E-state index contributed by atoms with van der Waals surface area (Å²) in [7, 11) is 1.62. The fourth-order valence-corrected chi connectivity index (χ4v) is 2.47. The molecule has 0 saturated heterocycles. The Hall–Kier alpha value is -0.260. The molecule has 0 N–H and O–H groups in total. The Labute approximate surface area is 89.3 Å². The van der Waals surface area contributed by atoms with Gasteiger partial charge in [-0.05, 0) is 22.9 Å². The maximum Gasteiger partial charge on any atom is 0.135 e. The zero-order chi connectivity index (χ0) is 9.84. The molecule has 0 aliphatic carbocycles. The average Bonchev–Trinajstić information content (AvgIpc) is 2.31. The third-order valence-electron chi connectivity index (χ3n) is 1.38. The summed E-state index contributed by atoms with van der Waals surface area (Å²) in [6.07, 6.45) is 0.390. The van der Waals surface area contributed by atoms with Crippen LogP contribution in [0.2, 0.25) is 0 Å². The van der Waals surface area contributed by atoms with Gasteiger partial charge in [-0.15, -0.1) is 11.3 Å². The fourth-order valence-electron chi connectivity index (χ4n) is 0.910. The van der Waals surface area contributed by atoms with Crippen LogP contribution in [0.15, 0.2) is 3.79 Å². The summed E-state index contributed by atoms with van der Waals surface area (Å²) >= 11 is 4.87. The summed E-state index contributed by atoms with van der Waals surface area (Å²) in [5, 5.41) is 0.894. The van der Waals surface area contributed by atoms with Crippen molar-refractivity contribution in [2.24, 2.45) is 0 Å². The molecule has 3 nitrogen and oxygen atoms in total. The number of ketones is 1. The first-order chi connectivity index (χ1) is 6.13. The van der Waals surface area contributed by atoms with Gasteiger partial charge in [0.2, 0.25) is 0 Å². The lowest BCUT2D eigenvalue weighted by atomic mass is 10.3. The Morgan fingerprint density at radius 3 is 2.92 bits per heavy atom. The second-order valence-corrected chi connectivity index (χ2v) is 5.04. The summed E-state index contributed by atoms with van der Waals surface area (Å²) < 4.78 is 5.87. The Morgan fingerprint density at radius 2 is 2.38 bits per heavy atom. The van der Waals surface area contributed by atoms with Gasteiger partial charge in [-0.3, -0.25) is 4.79 Å². The molecule has 1 rings (SSSR count). The van der Waals surface area contributed by atoms with E-state index in [9.17, 15) is 4.79 Å². The summed E-state index contributed by atoms with van der Waals surface area (Å²) in [6.45, 7) is 2.06. The summed E-state index contributed by atoms with van der Waals surface area (Å²) in [5.74, 6) is 0.120. The molecule has 0 aromatic carbocycles. The molecular formula is C8H10BrNO2S. The predicted octanol–water partition coefficient (Wildman–Crippen LogP) is 2.18. The van der Waals surface area contributed by atoms with E-state index >= 15 is 0 Å². The number of carbonyl (C=O) groups is 1. The molecule has 1 heterocycles. The molecule has 0 aliphatic rings. The third-order valence-corrected chi connectivity index (χ3v) is 3.18. The Kier molecular flexibility index (Phi) is 4.02. The Morgan fingerprint density at radius 1 is 1.69 bits per heavy atom. The minimum atomic E-state index is 0.120. The topological polar surface area (TPSA) is 39.2 Å². The zero-order valence-electron chi connectivity index (χ0n) is 7.46. The van der Waals surface area contributed by atoms with Gasteiger partial charge in [-0.1, -0.05) is 0 Å². The molecule has 72 valence electrons. The van der Waals surface area contributed by atoms with Crippen LogP contribution in [0.3, 0.4) is 0 Å². The molecule has 0 unspecified atom stereocenters. The largest absolute Gasteiger partial charge is 0.378 e. The van der Waals surface area contributed by atoms with Gasteiger partial charge in [0.25, 0.3) is 0 Å². The normalized spacial score (nSPS) is 10.4. The molecule has 0 saturated carbocycles. The molecule has 0 fully saturated rings. The molecule has 1 aromatic rings. The number of aromatic nitrogens is 1. The lowest BCUT2D eigenvalue weighted by Gasteiger charge is -1.91. The van der Waals surface area contributed by atoms with E-state index in [0.717, 1.165) is 14.5 Å². The van der Waals surface area contributed by atoms with E-state index in [0.29, 0.717) is 13.0 Å². The van der Waals surface area contributed by atoms with Gasteiger partial charge in [0.1, 0.15) is 10.8 Å². The summed E-state index contributed by atoms with van der Waals surface area (Å²) in [4.78, 5) is 15.1. The first-order valence-corrected chi connectivity index (χ1v) is 5.37. The summed E-state index contributed by atoms with van der Waals surface area (Å²) in [5.41, 5.74) is 0.810. The monoisotopic (exact) mass is 263 g/mol. The maximum absolute atomic E-state index is 10.8. The Balaban J connectivity index is 2.77. The van der Waals surface area contributed by atoms with Crippen LogP contribution in [0.1, 0.15) is 17.6 Å². The van der Waals surface area contributed by atoms with Gasteiger partial charge >= 0.3 is 0 Å². The number of hydrogen-bond donors (Lipinski definition) is 0. The molecular weight excluding hydrogens is 254 g/mol. The van der Waals surface area contributed by atoms with E-state index < -0.39 is 0 Å². The molecule has 0 radical (unpaired) electrons. The number of nitrogens with zero attached hydrogens (tertiary/aromatic N) is 1. The highest BCUT2D eigenvalue weighted by atomic mass is 79.9. The second kappa shape index (κ2) is 4.83. The van der Waals surface area contributed by atoms with E-state index in [1.807, 2.05) is 0 Å².